The standard InChI is InChI=1S/C20H20BrN7O3/c1-3-27-12-6-5-10(20(30)31)7-13(12)28(4-2)14(27)9-24-19(29)16-17(22)26-18-15(25-16)11(21)8-23-18/h5-8H,3-4,9H2,1-2H3,(H4-,22,23,24,25,26,29,30,31). The molecule has 1 amide bonds. The van der Waals surface area contributed by atoms with Gasteiger partial charge in [0.2, 0.25) is 0 Å². The molecular formula is C20H20BrN7O3. The van der Waals surface area contributed by atoms with E-state index in [1.54, 1.807) is 18.3 Å². The maximum Gasteiger partial charge on any atom is 0.277 e. The lowest BCUT2D eigenvalue weighted by Crippen LogP contribution is -2.40. The Morgan fingerprint density at radius 2 is 2.10 bits per heavy atom. The molecule has 4 rings (SSSR count). The van der Waals surface area contributed by atoms with Crippen LogP contribution < -0.4 is 20.7 Å². The first-order valence-electron chi connectivity index (χ1n) is 9.70. The molecule has 11 heteroatoms. The molecule has 0 atom stereocenters. The van der Waals surface area contributed by atoms with Crippen LogP contribution in [0.3, 0.4) is 0 Å². The number of imidazole rings is 1. The van der Waals surface area contributed by atoms with Crippen molar-refractivity contribution in [2.45, 2.75) is 33.5 Å². The second-order valence-electron chi connectivity index (χ2n) is 6.87. The molecule has 0 radical (unpaired) electrons. The highest BCUT2D eigenvalue weighted by Gasteiger charge is 2.25. The van der Waals surface area contributed by atoms with Crippen LogP contribution in [0.2, 0.25) is 0 Å². The number of aromatic nitrogens is 5. The van der Waals surface area contributed by atoms with Gasteiger partial charge in [0.25, 0.3) is 11.7 Å². The average molecular weight is 486 g/mol. The minimum absolute atomic E-state index is 0.0253. The number of H-pyrrole nitrogens is 1. The van der Waals surface area contributed by atoms with Crippen LogP contribution in [0, 0.1) is 0 Å². The molecule has 3 heterocycles. The number of aryl methyl sites for hydroxylation is 2. The second kappa shape index (κ2) is 7.99. The van der Waals surface area contributed by atoms with E-state index in [4.69, 9.17) is 5.73 Å². The summed E-state index contributed by atoms with van der Waals surface area (Å²) in [6.45, 7) is 5.37. The van der Waals surface area contributed by atoms with Crippen molar-refractivity contribution in [3.63, 3.8) is 0 Å². The van der Waals surface area contributed by atoms with Crippen molar-refractivity contribution in [3.8, 4) is 0 Å². The second-order valence-corrected chi connectivity index (χ2v) is 7.72. The molecule has 0 unspecified atom stereocenters. The number of aromatic amines is 1. The van der Waals surface area contributed by atoms with Gasteiger partial charge in [-0.2, -0.15) is 0 Å². The highest BCUT2D eigenvalue weighted by atomic mass is 79.9. The van der Waals surface area contributed by atoms with Gasteiger partial charge in [0, 0.05) is 11.8 Å². The molecule has 0 aliphatic rings. The van der Waals surface area contributed by atoms with Gasteiger partial charge >= 0.3 is 0 Å². The number of carbonyl (C=O) groups excluding carboxylic acids is 2. The van der Waals surface area contributed by atoms with Crippen molar-refractivity contribution in [3.05, 3.63) is 46.0 Å². The van der Waals surface area contributed by atoms with E-state index >= 15 is 0 Å². The van der Waals surface area contributed by atoms with E-state index in [2.05, 4.69) is 36.2 Å². The van der Waals surface area contributed by atoms with E-state index in [1.807, 2.05) is 23.0 Å². The van der Waals surface area contributed by atoms with Crippen LogP contribution in [-0.4, -0.2) is 31.4 Å². The van der Waals surface area contributed by atoms with E-state index in [1.165, 1.54) is 6.07 Å². The summed E-state index contributed by atoms with van der Waals surface area (Å²) in [6.07, 6.45) is 1.68. The number of nitrogens with two attached hydrogens (primary N) is 1. The number of fused-ring (bicyclic) bond motifs is 2. The summed E-state index contributed by atoms with van der Waals surface area (Å²) in [5.74, 6) is -0.841. The maximum absolute atomic E-state index is 12.8. The number of carbonyl (C=O) groups is 2. The Kier molecular flexibility index (Phi) is 5.36. The fraction of sp³-hybridized carbons (Fsp3) is 0.250. The van der Waals surface area contributed by atoms with Gasteiger partial charge in [-0.25, -0.2) is 19.1 Å². The minimum Gasteiger partial charge on any atom is -0.545 e. The molecule has 31 heavy (non-hydrogen) atoms. The Morgan fingerprint density at radius 1 is 1.32 bits per heavy atom. The number of anilines is 1. The van der Waals surface area contributed by atoms with E-state index in [9.17, 15) is 14.7 Å². The molecule has 4 N–H and O–H groups in total. The lowest BCUT2D eigenvalue weighted by molar-refractivity contribution is -0.676. The fourth-order valence-corrected chi connectivity index (χ4v) is 4.13. The highest BCUT2D eigenvalue weighted by Crippen LogP contribution is 2.22. The third-order valence-electron chi connectivity index (χ3n) is 5.16. The van der Waals surface area contributed by atoms with Crippen LogP contribution in [-0.2, 0) is 19.6 Å². The van der Waals surface area contributed by atoms with Gasteiger partial charge in [0.05, 0.1) is 23.5 Å². The van der Waals surface area contributed by atoms with E-state index in [0.717, 1.165) is 16.9 Å². The number of hydrogen-bond donors (Lipinski definition) is 3. The zero-order valence-electron chi connectivity index (χ0n) is 16.9. The van der Waals surface area contributed by atoms with Crippen molar-refractivity contribution in [1.29, 1.82) is 0 Å². The number of nitrogen functional groups attached to an aromatic ring is 1. The molecule has 4 aromatic rings. The van der Waals surface area contributed by atoms with Crippen LogP contribution in [0.4, 0.5) is 5.82 Å². The third-order valence-corrected chi connectivity index (χ3v) is 5.76. The molecule has 0 spiro atoms. The van der Waals surface area contributed by atoms with Crippen LogP contribution in [0.5, 0.6) is 0 Å². The van der Waals surface area contributed by atoms with Crippen molar-refractivity contribution in [1.82, 2.24) is 24.8 Å². The van der Waals surface area contributed by atoms with Gasteiger partial charge < -0.3 is 25.9 Å². The van der Waals surface area contributed by atoms with Gasteiger partial charge in [0.15, 0.2) is 28.2 Å². The van der Waals surface area contributed by atoms with Gasteiger partial charge in [-0.1, -0.05) is 0 Å². The lowest BCUT2D eigenvalue weighted by Gasteiger charge is -2.07. The van der Waals surface area contributed by atoms with Crippen LogP contribution in [0.15, 0.2) is 28.9 Å². The first kappa shape index (κ1) is 20.8. The molecule has 0 saturated carbocycles. The summed E-state index contributed by atoms with van der Waals surface area (Å²) >= 11 is 3.36. The molecule has 3 aromatic heterocycles. The molecule has 0 bridgehead atoms. The Balaban J connectivity index is 1.70. The topological polar surface area (TPSA) is 146 Å². The number of carboxylic acids is 1. The third kappa shape index (κ3) is 3.50. The number of halogens is 1. The average Bonchev–Trinajstić information content (AvgIpc) is 3.26. The predicted octanol–water partition coefficient (Wildman–Crippen LogP) is 0.878. The van der Waals surface area contributed by atoms with E-state index in [0.29, 0.717) is 28.7 Å². The fourth-order valence-electron chi connectivity index (χ4n) is 3.74. The lowest BCUT2D eigenvalue weighted by atomic mass is 10.2. The number of nitrogens with one attached hydrogen (secondary N) is 2. The first-order chi connectivity index (χ1) is 14.8. The van der Waals surface area contributed by atoms with Crippen LogP contribution in [0.25, 0.3) is 22.2 Å². The van der Waals surface area contributed by atoms with Crippen LogP contribution in [0.1, 0.15) is 40.5 Å². The Bertz CT molecular complexity index is 1340. The number of rotatable bonds is 6. The quantitative estimate of drug-likeness (QED) is 0.345. The van der Waals surface area contributed by atoms with Crippen LogP contribution >= 0.6 is 15.9 Å². The van der Waals surface area contributed by atoms with Crippen molar-refractivity contribution in [2.24, 2.45) is 0 Å². The number of carboxylic acid groups (broad SMARTS) is 1. The Morgan fingerprint density at radius 3 is 2.77 bits per heavy atom. The Hall–Kier alpha value is -3.47. The molecule has 10 nitrogen and oxygen atoms in total. The summed E-state index contributed by atoms with van der Waals surface area (Å²) in [4.78, 5) is 35.6. The van der Waals surface area contributed by atoms with Gasteiger partial charge in [-0.3, -0.25) is 4.79 Å². The van der Waals surface area contributed by atoms with Crippen molar-refractivity contribution >= 4 is 55.8 Å². The molecule has 0 fully saturated rings. The molecule has 1 aromatic carbocycles. The maximum atomic E-state index is 12.8. The summed E-state index contributed by atoms with van der Waals surface area (Å²) < 4.78 is 4.67. The number of aromatic carboxylic acids is 1. The molecule has 160 valence electrons. The van der Waals surface area contributed by atoms with E-state index in [-0.39, 0.29) is 23.6 Å². The van der Waals surface area contributed by atoms with Gasteiger partial charge in [-0.15, -0.1) is 0 Å². The number of amides is 1. The SMILES string of the molecule is CCn1c(CNC(=O)c2nc3c(Br)c[nH]c3nc2N)[n+](CC)c2ccc(C(=O)[O-])cc21. The molecule has 0 aliphatic carbocycles. The summed E-state index contributed by atoms with van der Waals surface area (Å²) in [5, 5.41) is 14.2. The monoisotopic (exact) mass is 485 g/mol. The number of nitrogens with zero attached hydrogens (tertiary/aromatic N) is 4. The van der Waals surface area contributed by atoms with Gasteiger partial charge in [-0.05, 0) is 48.0 Å². The summed E-state index contributed by atoms with van der Waals surface area (Å²) in [6, 6.07) is 4.86. The predicted molar refractivity (Wildman–Crippen MR) is 115 cm³/mol. The van der Waals surface area contributed by atoms with E-state index < -0.39 is 11.9 Å². The molecule has 0 saturated heterocycles. The first-order valence-corrected chi connectivity index (χ1v) is 10.5. The van der Waals surface area contributed by atoms with Crippen molar-refractivity contribution in [2.75, 3.05) is 5.73 Å². The normalized spacial score (nSPS) is 11.3. The Labute approximate surface area is 185 Å². The van der Waals surface area contributed by atoms with Gasteiger partial charge in [0.1, 0.15) is 12.1 Å². The zero-order chi connectivity index (χ0) is 22.3. The largest absolute Gasteiger partial charge is 0.545 e. The molecule has 0 aliphatic heterocycles. The molecular weight excluding hydrogens is 466 g/mol. The zero-order valence-corrected chi connectivity index (χ0v) is 18.5. The highest BCUT2D eigenvalue weighted by molar-refractivity contribution is 9.10. The summed E-state index contributed by atoms with van der Waals surface area (Å²) in [5.41, 5.74) is 8.71. The number of hydrogen-bond acceptors (Lipinski definition) is 6. The van der Waals surface area contributed by atoms with Crippen molar-refractivity contribution < 1.29 is 19.3 Å². The smallest absolute Gasteiger partial charge is 0.277 e. The number of benzene rings is 1. The summed E-state index contributed by atoms with van der Waals surface area (Å²) in [7, 11) is 0. The minimum atomic E-state index is -1.23.